The fourth-order valence-electron chi connectivity index (χ4n) is 3.87. The SMILES string of the molecule is CCCCc1oc2ccccc2c1C(=O)c1ccc(OCCN(CC)CC)cc1C(F)(F)F. The van der Waals surface area contributed by atoms with E-state index in [0.717, 1.165) is 32.0 Å². The van der Waals surface area contributed by atoms with Gasteiger partial charge in [0.2, 0.25) is 0 Å². The Kier molecular flexibility index (Phi) is 8.19. The van der Waals surface area contributed by atoms with Crippen LogP contribution in [0, 0.1) is 0 Å². The zero-order valence-electron chi connectivity index (χ0n) is 19.3. The number of unbranched alkanes of at least 4 members (excludes halogenated alkanes) is 1. The van der Waals surface area contributed by atoms with Gasteiger partial charge < -0.3 is 14.1 Å². The Labute approximate surface area is 192 Å². The van der Waals surface area contributed by atoms with Gasteiger partial charge in [-0.05, 0) is 43.8 Å². The van der Waals surface area contributed by atoms with Crippen LogP contribution in [0.3, 0.4) is 0 Å². The summed E-state index contributed by atoms with van der Waals surface area (Å²) < 4.78 is 53.3. The highest BCUT2D eigenvalue weighted by molar-refractivity contribution is 6.17. The number of ketones is 1. The summed E-state index contributed by atoms with van der Waals surface area (Å²) in [6.45, 7) is 8.57. The maximum absolute atomic E-state index is 14.0. The average Bonchev–Trinajstić information content (AvgIpc) is 3.17. The maximum atomic E-state index is 14.0. The molecular formula is C26H30F3NO3. The first-order valence-electron chi connectivity index (χ1n) is 11.4. The van der Waals surface area contributed by atoms with Crippen LogP contribution in [0.15, 0.2) is 46.9 Å². The molecule has 0 aliphatic heterocycles. The molecule has 0 spiro atoms. The molecule has 0 unspecified atom stereocenters. The molecule has 0 amide bonds. The van der Waals surface area contributed by atoms with E-state index in [9.17, 15) is 18.0 Å². The number of aryl methyl sites for hydroxylation is 1. The van der Waals surface area contributed by atoms with Crippen molar-refractivity contribution in [1.29, 1.82) is 0 Å². The van der Waals surface area contributed by atoms with Gasteiger partial charge in [0.25, 0.3) is 0 Å². The van der Waals surface area contributed by atoms with E-state index in [4.69, 9.17) is 9.15 Å². The minimum atomic E-state index is -4.70. The molecule has 178 valence electrons. The molecular weight excluding hydrogens is 431 g/mol. The molecule has 0 fully saturated rings. The predicted molar refractivity (Wildman–Crippen MR) is 123 cm³/mol. The van der Waals surface area contributed by atoms with Crippen LogP contribution in [0.5, 0.6) is 5.75 Å². The van der Waals surface area contributed by atoms with Gasteiger partial charge in [0.15, 0.2) is 5.78 Å². The highest BCUT2D eigenvalue weighted by Crippen LogP contribution is 2.37. The summed E-state index contributed by atoms with van der Waals surface area (Å²) in [5.74, 6) is -0.168. The normalized spacial score (nSPS) is 12.0. The number of fused-ring (bicyclic) bond motifs is 1. The molecule has 0 radical (unpaired) electrons. The summed E-state index contributed by atoms with van der Waals surface area (Å²) in [5.41, 5.74) is -0.695. The molecule has 0 bridgehead atoms. The van der Waals surface area contributed by atoms with Gasteiger partial charge in [0.1, 0.15) is 23.7 Å². The van der Waals surface area contributed by atoms with E-state index in [-0.39, 0.29) is 17.9 Å². The lowest BCUT2D eigenvalue weighted by atomic mass is 9.94. The number of hydrogen-bond donors (Lipinski definition) is 0. The van der Waals surface area contributed by atoms with Crippen molar-refractivity contribution in [2.75, 3.05) is 26.2 Å². The predicted octanol–water partition coefficient (Wildman–Crippen LogP) is 6.75. The number of nitrogens with zero attached hydrogens (tertiary/aromatic N) is 1. The van der Waals surface area contributed by atoms with Crippen molar-refractivity contribution in [3.05, 3.63) is 64.9 Å². The molecule has 0 N–H and O–H groups in total. The molecule has 7 heteroatoms. The first-order chi connectivity index (χ1) is 15.8. The number of hydrogen-bond acceptors (Lipinski definition) is 4. The second-order valence-corrected chi connectivity index (χ2v) is 7.91. The van der Waals surface area contributed by atoms with E-state index < -0.39 is 23.1 Å². The van der Waals surface area contributed by atoms with Gasteiger partial charge >= 0.3 is 6.18 Å². The lowest BCUT2D eigenvalue weighted by molar-refractivity contribution is -0.138. The van der Waals surface area contributed by atoms with Crippen LogP contribution in [-0.2, 0) is 12.6 Å². The largest absolute Gasteiger partial charge is 0.492 e. The summed E-state index contributed by atoms with van der Waals surface area (Å²) in [5, 5.41) is 0.529. The molecule has 0 saturated heterocycles. The third-order valence-electron chi connectivity index (χ3n) is 5.76. The number of ether oxygens (including phenoxy) is 1. The minimum Gasteiger partial charge on any atom is -0.492 e. The van der Waals surface area contributed by atoms with Crippen molar-refractivity contribution in [3.63, 3.8) is 0 Å². The van der Waals surface area contributed by atoms with Gasteiger partial charge in [-0.2, -0.15) is 13.2 Å². The van der Waals surface area contributed by atoms with E-state index in [1.54, 1.807) is 24.3 Å². The number of furan rings is 1. The third-order valence-corrected chi connectivity index (χ3v) is 5.76. The first kappa shape index (κ1) is 24.8. The summed E-state index contributed by atoms with van der Waals surface area (Å²) in [6, 6.07) is 10.5. The molecule has 3 rings (SSSR count). The maximum Gasteiger partial charge on any atom is 0.417 e. The Morgan fingerprint density at radius 1 is 1.06 bits per heavy atom. The quantitative estimate of drug-likeness (QED) is 0.296. The molecule has 0 aliphatic carbocycles. The molecule has 4 nitrogen and oxygen atoms in total. The Morgan fingerprint density at radius 2 is 1.79 bits per heavy atom. The molecule has 2 aromatic carbocycles. The zero-order chi connectivity index (χ0) is 24.0. The van der Waals surface area contributed by atoms with E-state index in [1.807, 2.05) is 20.8 Å². The molecule has 0 atom stereocenters. The van der Waals surface area contributed by atoms with Crippen LogP contribution in [0.25, 0.3) is 11.0 Å². The van der Waals surface area contributed by atoms with Crippen molar-refractivity contribution >= 4 is 16.8 Å². The van der Waals surface area contributed by atoms with E-state index in [1.165, 1.54) is 12.1 Å². The summed E-state index contributed by atoms with van der Waals surface area (Å²) in [6.07, 6.45) is -2.57. The molecule has 0 saturated carbocycles. The molecule has 0 aliphatic rings. The number of halogens is 3. The number of carbonyl (C=O) groups is 1. The fraction of sp³-hybridized carbons (Fsp3) is 0.423. The highest BCUT2D eigenvalue weighted by atomic mass is 19.4. The molecule has 33 heavy (non-hydrogen) atoms. The van der Waals surface area contributed by atoms with E-state index >= 15 is 0 Å². The second kappa shape index (κ2) is 10.9. The van der Waals surface area contributed by atoms with E-state index in [0.29, 0.717) is 29.7 Å². The molecule has 1 heterocycles. The summed E-state index contributed by atoms with van der Waals surface area (Å²) >= 11 is 0. The zero-order valence-corrected chi connectivity index (χ0v) is 19.3. The van der Waals surface area contributed by atoms with Crippen LogP contribution >= 0.6 is 0 Å². The van der Waals surface area contributed by atoms with Crippen LogP contribution in [0.4, 0.5) is 13.2 Å². The number of benzene rings is 2. The number of alkyl halides is 3. The van der Waals surface area contributed by atoms with Crippen molar-refractivity contribution in [1.82, 2.24) is 4.90 Å². The van der Waals surface area contributed by atoms with Crippen LogP contribution in [-0.4, -0.2) is 36.9 Å². The van der Waals surface area contributed by atoms with Gasteiger partial charge in [-0.15, -0.1) is 0 Å². The van der Waals surface area contributed by atoms with Gasteiger partial charge in [-0.3, -0.25) is 4.79 Å². The van der Waals surface area contributed by atoms with Crippen molar-refractivity contribution in [2.24, 2.45) is 0 Å². The Bertz CT molecular complexity index is 1080. The van der Waals surface area contributed by atoms with Gasteiger partial charge in [-0.1, -0.05) is 45.4 Å². The van der Waals surface area contributed by atoms with Gasteiger partial charge in [0, 0.05) is 23.9 Å². The average molecular weight is 462 g/mol. The lowest BCUT2D eigenvalue weighted by Crippen LogP contribution is -2.28. The van der Waals surface area contributed by atoms with E-state index in [2.05, 4.69) is 4.90 Å². The number of likely N-dealkylation sites (N-methyl/N-ethyl adjacent to an activating group) is 1. The second-order valence-electron chi connectivity index (χ2n) is 7.91. The Balaban J connectivity index is 1.98. The number of para-hydroxylation sites is 1. The summed E-state index contributed by atoms with van der Waals surface area (Å²) in [4.78, 5) is 15.6. The van der Waals surface area contributed by atoms with Crippen LogP contribution in [0.2, 0.25) is 0 Å². The van der Waals surface area contributed by atoms with Crippen LogP contribution in [0.1, 0.15) is 60.9 Å². The van der Waals surface area contributed by atoms with Crippen molar-refractivity contribution < 1.29 is 27.1 Å². The lowest BCUT2D eigenvalue weighted by Gasteiger charge is -2.19. The third kappa shape index (κ3) is 5.77. The Morgan fingerprint density at radius 3 is 2.45 bits per heavy atom. The molecule has 1 aromatic heterocycles. The standard InChI is InChI=1S/C26H30F3NO3/c1-4-7-11-23-24(20-10-8-9-12-22(20)33-23)25(31)19-14-13-18(17-21(19)26(27,28)29)32-16-15-30(5-2)6-3/h8-10,12-14,17H,4-7,11,15-16H2,1-3H3. The fourth-order valence-corrected chi connectivity index (χ4v) is 3.87. The highest BCUT2D eigenvalue weighted by Gasteiger charge is 2.37. The smallest absolute Gasteiger partial charge is 0.417 e. The summed E-state index contributed by atoms with van der Waals surface area (Å²) in [7, 11) is 0. The monoisotopic (exact) mass is 461 g/mol. The number of rotatable bonds is 11. The molecule has 3 aromatic rings. The van der Waals surface area contributed by atoms with Gasteiger partial charge in [0.05, 0.1) is 11.1 Å². The number of carbonyl (C=O) groups excluding carboxylic acids is 1. The van der Waals surface area contributed by atoms with Crippen molar-refractivity contribution in [3.8, 4) is 5.75 Å². The minimum absolute atomic E-state index is 0.0919. The van der Waals surface area contributed by atoms with Crippen LogP contribution < -0.4 is 4.74 Å². The Hall–Kier alpha value is -2.80. The van der Waals surface area contributed by atoms with Gasteiger partial charge in [-0.25, -0.2) is 0 Å². The topological polar surface area (TPSA) is 42.7 Å². The first-order valence-corrected chi connectivity index (χ1v) is 11.4. The van der Waals surface area contributed by atoms with Crippen molar-refractivity contribution in [2.45, 2.75) is 46.2 Å².